The predicted molar refractivity (Wildman–Crippen MR) is 95.3 cm³/mol. The molecule has 0 spiro atoms. The number of aromatic nitrogens is 4. The van der Waals surface area contributed by atoms with Crippen molar-refractivity contribution in [2.75, 3.05) is 6.61 Å². The second-order valence-corrected chi connectivity index (χ2v) is 7.64. The van der Waals surface area contributed by atoms with Crippen molar-refractivity contribution in [3.05, 3.63) is 29.6 Å². The van der Waals surface area contributed by atoms with Crippen LogP contribution in [0.2, 0.25) is 0 Å². The van der Waals surface area contributed by atoms with Gasteiger partial charge >= 0.3 is 0 Å². The first-order valence-electron chi connectivity index (χ1n) is 8.84. The summed E-state index contributed by atoms with van der Waals surface area (Å²) in [7, 11) is 0. The van der Waals surface area contributed by atoms with E-state index < -0.39 is 5.60 Å². The molecule has 0 unspecified atom stereocenters. The lowest BCUT2D eigenvalue weighted by Gasteiger charge is -2.41. The molecule has 26 heavy (non-hydrogen) atoms. The summed E-state index contributed by atoms with van der Waals surface area (Å²) in [6.07, 6.45) is 3.83. The monoisotopic (exact) mass is 352 g/mol. The van der Waals surface area contributed by atoms with E-state index in [2.05, 4.69) is 15.2 Å². The van der Waals surface area contributed by atoms with Crippen molar-refractivity contribution in [1.29, 1.82) is 0 Å². The van der Waals surface area contributed by atoms with Gasteiger partial charge in [-0.05, 0) is 44.4 Å². The Bertz CT molecular complexity index is 1030. The van der Waals surface area contributed by atoms with Gasteiger partial charge in [-0.1, -0.05) is 0 Å². The van der Waals surface area contributed by atoms with E-state index in [9.17, 15) is 10.2 Å². The number of hydrogen-bond donors (Lipinski definition) is 2. The second-order valence-electron chi connectivity index (χ2n) is 7.64. The SMILES string of the molecule is Cc1cc2c(c(O)c1-c1cc3ncn(C4CC(C)(O)C4)c3nn1)CCO2. The molecule has 1 aliphatic carbocycles. The first-order valence-corrected chi connectivity index (χ1v) is 8.84. The summed E-state index contributed by atoms with van der Waals surface area (Å²) in [5, 5.41) is 29.4. The largest absolute Gasteiger partial charge is 0.507 e. The lowest BCUT2D eigenvalue weighted by molar-refractivity contribution is -0.0499. The van der Waals surface area contributed by atoms with Gasteiger partial charge in [-0.15, -0.1) is 10.2 Å². The van der Waals surface area contributed by atoms with Crippen molar-refractivity contribution < 1.29 is 14.9 Å². The van der Waals surface area contributed by atoms with E-state index in [1.165, 1.54) is 0 Å². The maximum absolute atomic E-state index is 10.7. The highest BCUT2D eigenvalue weighted by Crippen LogP contribution is 2.44. The number of nitrogens with zero attached hydrogens (tertiary/aromatic N) is 4. The highest BCUT2D eigenvalue weighted by molar-refractivity contribution is 5.81. The van der Waals surface area contributed by atoms with Crippen molar-refractivity contribution in [2.45, 2.75) is 44.8 Å². The van der Waals surface area contributed by atoms with Crippen LogP contribution in [0.1, 0.15) is 36.9 Å². The Kier molecular flexibility index (Phi) is 3.10. The number of imidazole rings is 1. The molecule has 7 heteroatoms. The van der Waals surface area contributed by atoms with Gasteiger partial charge in [0.15, 0.2) is 5.65 Å². The molecule has 1 fully saturated rings. The van der Waals surface area contributed by atoms with Crippen LogP contribution in [-0.4, -0.2) is 42.2 Å². The second kappa shape index (κ2) is 5.17. The van der Waals surface area contributed by atoms with E-state index >= 15 is 0 Å². The Labute approximate surface area is 150 Å². The van der Waals surface area contributed by atoms with Gasteiger partial charge in [-0.25, -0.2) is 4.98 Å². The van der Waals surface area contributed by atoms with Gasteiger partial charge in [0, 0.05) is 23.6 Å². The zero-order chi connectivity index (χ0) is 18.1. The molecule has 0 bridgehead atoms. The number of phenols is 1. The maximum atomic E-state index is 10.7. The van der Waals surface area contributed by atoms with E-state index in [0.29, 0.717) is 42.8 Å². The molecule has 0 atom stereocenters. The standard InChI is InChI=1S/C19H20N4O3/c1-10-5-15-12(3-4-26-15)17(24)16(10)13-6-14-18(22-21-13)23(9-20-14)11-7-19(2,25)8-11/h5-6,9,11,24-25H,3-4,7-8H2,1-2H3. The smallest absolute Gasteiger partial charge is 0.182 e. The van der Waals surface area contributed by atoms with Gasteiger partial charge in [0.25, 0.3) is 0 Å². The molecular weight excluding hydrogens is 332 g/mol. The van der Waals surface area contributed by atoms with Crippen LogP contribution in [-0.2, 0) is 6.42 Å². The van der Waals surface area contributed by atoms with Gasteiger partial charge in [0.2, 0.25) is 0 Å². The minimum atomic E-state index is -0.607. The van der Waals surface area contributed by atoms with Crippen LogP contribution in [0.5, 0.6) is 11.5 Å². The molecule has 0 radical (unpaired) electrons. The molecule has 0 amide bonds. The van der Waals surface area contributed by atoms with Crippen molar-refractivity contribution in [3.63, 3.8) is 0 Å². The molecule has 3 heterocycles. The number of hydrogen-bond acceptors (Lipinski definition) is 6. The lowest BCUT2D eigenvalue weighted by Crippen LogP contribution is -2.41. The van der Waals surface area contributed by atoms with E-state index in [-0.39, 0.29) is 11.8 Å². The highest BCUT2D eigenvalue weighted by Gasteiger charge is 2.40. The van der Waals surface area contributed by atoms with E-state index in [1.54, 1.807) is 6.33 Å². The molecule has 7 nitrogen and oxygen atoms in total. The number of aryl methyl sites for hydroxylation is 1. The first-order chi connectivity index (χ1) is 12.4. The van der Waals surface area contributed by atoms with Gasteiger partial charge in [0.1, 0.15) is 17.0 Å². The Hall–Kier alpha value is -2.67. The van der Waals surface area contributed by atoms with Gasteiger partial charge < -0.3 is 19.5 Å². The number of aromatic hydroxyl groups is 1. The topological polar surface area (TPSA) is 93.3 Å². The molecule has 2 aromatic heterocycles. The molecule has 134 valence electrons. The van der Waals surface area contributed by atoms with E-state index in [0.717, 1.165) is 22.4 Å². The van der Waals surface area contributed by atoms with Gasteiger partial charge in [-0.2, -0.15) is 0 Å². The molecule has 1 aromatic carbocycles. The third-order valence-electron chi connectivity index (χ3n) is 5.49. The number of fused-ring (bicyclic) bond motifs is 2. The fourth-order valence-corrected chi connectivity index (χ4v) is 4.14. The Morgan fingerprint density at radius 1 is 1.27 bits per heavy atom. The molecule has 2 aliphatic rings. The van der Waals surface area contributed by atoms with Crippen molar-refractivity contribution in [1.82, 2.24) is 19.7 Å². The summed E-state index contributed by atoms with van der Waals surface area (Å²) in [6, 6.07) is 4.00. The van der Waals surface area contributed by atoms with Crippen LogP contribution in [0.25, 0.3) is 22.4 Å². The number of phenolic OH excluding ortho intramolecular Hbond substituents is 1. The summed E-state index contributed by atoms with van der Waals surface area (Å²) >= 11 is 0. The van der Waals surface area contributed by atoms with Gasteiger partial charge in [-0.3, -0.25) is 0 Å². The van der Waals surface area contributed by atoms with E-state index in [4.69, 9.17) is 4.74 Å². The first kappa shape index (κ1) is 15.6. The fourth-order valence-electron chi connectivity index (χ4n) is 4.14. The Morgan fingerprint density at radius 3 is 2.85 bits per heavy atom. The zero-order valence-electron chi connectivity index (χ0n) is 14.7. The zero-order valence-corrected chi connectivity index (χ0v) is 14.7. The number of rotatable bonds is 2. The molecule has 1 aliphatic heterocycles. The van der Waals surface area contributed by atoms with Crippen LogP contribution in [0, 0.1) is 6.92 Å². The highest BCUT2D eigenvalue weighted by atomic mass is 16.5. The molecule has 5 rings (SSSR count). The lowest BCUT2D eigenvalue weighted by atomic mass is 9.77. The third kappa shape index (κ3) is 2.20. The average Bonchev–Trinajstić information content (AvgIpc) is 3.18. The summed E-state index contributed by atoms with van der Waals surface area (Å²) in [6.45, 7) is 4.36. The molecule has 1 saturated carbocycles. The molecule has 3 aromatic rings. The summed E-state index contributed by atoms with van der Waals surface area (Å²) in [5.41, 5.74) is 3.84. The summed E-state index contributed by atoms with van der Waals surface area (Å²) < 4.78 is 7.53. The number of aliphatic hydroxyl groups is 1. The minimum Gasteiger partial charge on any atom is -0.507 e. The summed E-state index contributed by atoms with van der Waals surface area (Å²) in [5.74, 6) is 0.972. The predicted octanol–water partition coefficient (Wildman–Crippen LogP) is 2.53. The third-order valence-corrected chi connectivity index (χ3v) is 5.49. The number of ether oxygens (including phenoxy) is 1. The quantitative estimate of drug-likeness (QED) is 0.736. The maximum Gasteiger partial charge on any atom is 0.182 e. The van der Waals surface area contributed by atoms with Crippen molar-refractivity contribution >= 4 is 11.2 Å². The van der Waals surface area contributed by atoms with Crippen LogP contribution in [0.4, 0.5) is 0 Å². The minimum absolute atomic E-state index is 0.197. The average molecular weight is 352 g/mol. The Balaban J connectivity index is 1.58. The van der Waals surface area contributed by atoms with Crippen LogP contribution < -0.4 is 4.74 Å². The summed E-state index contributed by atoms with van der Waals surface area (Å²) in [4.78, 5) is 4.46. The molecule has 2 N–H and O–H groups in total. The van der Waals surface area contributed by atoms with Crippen LogP contribution in [0.15, 0.2) is 18.5 Å². The normalized spacial score (nSPS) is 24.3. The molecule has 0 saturated heterocycles. The van der Waals surface area contributed by atoms with Gasteiger partial charge in [0.05, 0.1) is 24.2 Å². The molecular formula is C19H20N4O3. The fraction of sp³-hybridized carbons (Fsp3) is 0.421. The van der Waals surface area contributed by atoms with Crippen LogP contribution >= 0.6 is 0 Å². The number of benzene rings is 1. The van der Waals surface area contributed by atoms with E-state index in [1.807, 2.05) is 30.5 Å². The van der Waals surface area contributed by atoms with Crippen molar-refractivity contribution in [3.8, 4) is 22.8 Å². The van der Waals surface area contributed by atoms with Crippen molar-refractivity contribution in [2.24, 2.45) is 0 Å². The van der Waals surface area contributed by atoms with Crippen LogP contribution in [0.3, 0.4) is 0 Å². The Morgan fingerprint density at radius 2 is 2.08 bits per heavy atom.